The first kappa shape index (κ1) is 11.7. The van der Waals surface area contributed by atoms with Crippen LogP contribution < -0.4 is 29.6 Å². The van der Waals surface area contributed by atoms with Gasteiger partial charge in [-0.05, 0) is 73.8 Å². The van der Waals surface area contributed by atoms with E-state index in [1.807, 2.05) is 0 Å². The molecule has 4 aromatic rings. The number of nitrogens with zero attached hydrogens (tertiary/aromatic N) is 4. The Labute approximate surface area is 454 Å². The van der Waals surface area contributed by atoms with Crippen LogP contribution in [0.5, 0.6) is 23.0 Å². The number of rotatable bonds is 19. The molecular formula is C48H66N6O8. The number of hydrogen-bond acceptors (Lipinski definition) is 12. The molecule has 6 rings (SSSR count). The Bertz CT molecular complexity index is 4670. The molecule has 2 fully saturated rings. The summed E-state index contributed by atoms with van der Waals surface area (Å²) >= 11 is 0. The first-order chi connectivity index (χ1) is 54.3. The monoisotopic (exact) mass is 917 g/mol. The van der Waals surface area contributed by atoms with E-state index in [9.17, 15) is 14.7 Å². The minimum absolute atomic E-state index is 0.541. The second-order valence-electron chi connectivity index (χ2n) is 10.4. The normalized spacial score (nSPS) is 40.5. The van der Waals surface area contributed by atoms with Crippen LogP contribution in [0.2, 0.25) is 1.41 Å². The predicted octanol–water partition coefficient (Wildman–Crippen LogP) is 4.62. The zero-order valence-electron chi connectivity index (χ0n) is 92.2. The molecule has 2 aliphatic heterocycles. The van der Waals surface area contributed by atoms with Gasteiger partial charge in [0.25, 0.3) is 0 Å². The molecule has 0 bridgehead atoms. The summed E-state index contributed by atoms with van der Waals surface area (Å²) in [6, 6.07) is -18.7. The number of piperazine rings is 2. The number of anilines is 2. The first-order valence-corrected chi connectivity index (χ1v) is 15.8. The van der Waals surface area contributed by atoms with Crippen molar-refractivity contribution in [2.45, 2.75) is 39.6 Å². The minimum Gasteiger partial charge on any atom is -0.493 e. The van der Waals surface area contributed by atoms with Crippen molar-refractivity contribution in [2.24, 2.45) is 0 Å². The van der Waals surface area contributed by atoms with Gasteiger partial charge in [0, 0.05) is 120 Å². The van der Waals surface area contributed by atoms with E-state index in [-0.39, 0.29) is 0 Å². The Hall–Kier alpha value is -5.22. The van der Waals surface area contributed by atoms with Crippen molar-refractivity contribution in [1.29, 1.82) is 1.43 Å². The molecule has 4 aromatic carbocycles. The van der Waals surface area contributed by atoms with E-state index in [1.165, 1.54) is 0 Å². The van der Waals surface area contributed by atoms with E-state index >= 15 is 0 Å². The lowest BCUT2D eigenvalue weighted by Crippen LogP contribution is -2.50. The van der Waals surface area contributed by atoms with Gasteiger partial charge in [-0.2, -0.15) is 0 Å². The maximum absolute atomic E-state index is 14.0. The van der Waals surface area contributed by atoms with Crippen LogP contribution in [0, 0.1) is 27.4 Å². The molecule has 2 aliphatic rings. The molecule has 0 aliphatic carbocycles. The molecular weight excluding hydrogens is 789 g/mol. The highest BCUT2D eigenvalue weighted by Gasteiger charge is 2.23. The van der Waals surface area contributed by atoms with Gasteiger partial charge in [-0.25, -0.2) is 0 Å². The van der Waals surface area contributed by atoms with E-state index in [0.29, 0.717) is 0 Å². The summed E-state index contributed by atoms with van der Waals surface area (Å²) in [5, 5.41) is 15.9. The van der Waals surface area contributed by atoms with Gasteiger partial charge in [0.15, 0.2) is 24.4 Å². The molecule has 14 nitrogen and oxygen atoms in total. The molecule has 2 amide bonds. The fourth-order valence-electron chi connectivity index (χ4n) is 3.68. The average Bonchev–Trinajstić information content (AvgIpc) is 0.679. The number of ether oxygens (including phenoxy) is 4. The van der Waals surface area contributed by atoms with Crippen LogP contribution in [0.3, 0.4) is 0 Å². The van der Waals surface area contributed by atoms with Crippen molar-refractivity contribution in [2.75, 3.05) is 116 Å². The number of carbonyl (C=O) groups excluding carboxylic acids is 2. The number of para-hydroxylation sites is 6. The van der Waals surface area contributed by atoms with Gasteiger partial charge in [-0.3, -0.25) is 29.2 Å². The lowest BCUT2D eigenvalue weighted by Gasteiger charge is -2.35. The zero-order valence-corrected chi connectivity index (χ0v) is 30.2. The second kappa shape index (κ2) is 24.4. The topological polar surface area (TPSA) is 149 Å². The molecule has 336 valence electrons. The predicted molar refractivity (Wildman–Crippen MR) is 244 cm³/mol. The Balaban J connectivity index is 0.000000441. The average molecular weight is 917 g/mol. The quantitative estimate of drug-likeness (QED) is 0.104. The number of amides is 2. The zero-order chi connectivity index (χ0) is 98.3. The first-order valence-electron chi connectivity index (χ1n) is 46.7. The summed E-state index contributed by atoms with van der Waals surface area (Å²) in [6.07, 6.45) is -9.68. The maximum atomic E-state index is 14.0. The number of carbonyl (C=O) groups is 2. The standard InChI is InChI=1S/2C24H33N3O4/c2*1-18-7-6-8-19(2)24(18)25-23(29)16-27-13-11-26(12-14-27)15-20(28)17-31-22-10-5-4-9-21(22)30-3/h2*4-10,20,28H,11-17H2,1-3H3,(H,25,29)/i1D3,2D3,3D3,4D,5D,6D,7D,8D,9D,10D,11D2,12D2,13D2,14D2,15D2,16D2,17D2,20D,28D;1D3,2D3,3D3,4D,5D,6D,7D,8D,9D,10D,11D2,12D2,13D2,14D2,15D2,17D2,20D/hD. The van der Waals surface area contributed by atoms with Crippen molar-refractivity contribution in [3.63, 3.8) is 0 Å². The largest absolute Gasteiger partial charge is 0.493 e. The van der Waals surface area contributed by atoms with Crippen molar-refractivity contribution in [1.82, 2.24) is 19.6 Å². The number of β-amino-alcohol motifs (C(OH)–C–C–N with tert-alkyl or cyclic N) is 2. The van der Waals surface area contributed by atoms with Crippen LogP contribution in [0.1, 0.15) is 104 Å². The van der Waals surface area contributed by atoms with Gasteiger partial charge >= 0.3 is 0 Å². The smallest absolute Gasteiger partial charge is 0.238 e. The molecule has 4 N–H and O–H groups in total. The molecule has 2 unspecified atom stereocenters. The molecule has 0 spiro atoms. The number of aliphatic hydroxyl groups is 2. The highest BCUT2D eigenvalue weighted by Crippen LogP contribution is 2.27. The van der Waals surface area contributed by atoms with Gasteiger partial charge in [0.2, 0.25) is 13.2 Å². The van der Waals surface area contributed by atoms with E-state index in [0.717, 1.165) is 0 Å². The van der Waals surface area contributed by atoms with E-state index < -0.39 is 323 Å². The summed E-state index contributed by atoms with van der Waals surface area (Å²) < 4.78 is 524. The summed E-state index contributed by atoms with van der Waals surface area (Å²) in [4.78, 5) is 23.4. The van der Waals surface area contributed by atoms with Gasteiger partial charge in [-0.15, -0.1) is 0 Å². The van der Waals surface area contributed by atoms with E-state index in [1.54, 1.807) is 5.32 Å². The highest BCUT2D eigenvalue weighted by molar-refractivity contribution is 5.94. The molecule has 2 heterocycles. The van der Waals surface area contributed by atoms with Gasteiger partial charge in [-0.1, -0.05) is 60.4 Å². The molecule has 0 radical (unpaired) electrons. The number of nitrogens with one attached hydrogen (secondary N) is 2. The summed E-state index contributed by atoms with van der Waals surface area (Å²) in [5.74, 6) is -10.9. The third-order valence-electron chi connectivity index (χ3n) is 6.22. The Morgan fingerprint density at radius 1 is 0.677 bits per heavy atom. The third kappa shape index (κ3) is 15.0. The molecule has 2 atom stereocenters. The molecule has 14 heteroatoms. The molecule has 0 aromatic heterocycles. The highest BCUT2D eigenvalue weighted by atomic mass is 16.5. The Morgan fingerprint density at radius 3 is 1.63 bits per heavy atom. The summed E-state index contributed by atoms with van der Waals surface area (Å²) in [7, 11) is -7.16. The van der Waals surface area contributed by atoms with Gasteiger partial charge in [0.1, 0.15) is 25.3 Å². The Morgan fingerprint density at radius 2 is 1.13 bits per heavy atom. The lowest BCUT2D eigenvalue weighted by molar-refractivity contribution is -0.118. The summed E-state index contributed by atoms with van der Waals surface area (Å²) in [5.41, 5.74) is -9.01. The lowest BCUT2D eigenvalue weighted by atomic mass is 10.1. The van der Waals surface area contributed by atoms with Crippen LogP contribution in [-0.4, -0.2) is 160 Å². The fourth-order valence-corrected chi connectivity index (χ4v) is 3.68. The van der Waals surface area contributed by atoms with Gasteiger partial charge < -0.3 is 39.8 Å². The van der Waals surface area contributed by atoms with Crippen LogP contribution in [0.4, 0.5) is 11.4 Å². The van der Waals surface area contributed by atoms with Crippen molar-refractivity contribution in [3.05, 3.63) is 107 Å². The molecule has 0 saturated carbocycles. The van der Waals surface area contributed by atoms with Crippen molar-refractivity contribution < 1.29 is 122 Å². The van der Waals surface area contributed by atoms with Crippen molar-refractivity contribution in [3.8, 4) is 23.0 Å². The van der Waals surface area contributed by atoms with Gasteiger partial charge in [0.05, 0.1) is 65.5 Å². The van der Waals surface area contributed by atoms with Crippen LogP contribution in [0.25, 0.3) is 0 Å². The number of benzene rings is 4. The van der Waals surface area contributed by atoms with Crippen LogP contribution in [0.15, 0.2) is 84.6 Å². The maximum Gasteiger partial charge on any atom is 0.238 e. The van der Waals surface area contributed by atoms with Crippen LogP contribution >= 0.6 is 0 Å². The van der Waals surface area contributed by atoms with E-state index in [2.05, 4.69) is 14.6 Å². The number of methoxy groups -OCH3 is 2. The minimum atomic E-state index is -4.94. The third-order valence-corrected chi connectivity index (χ3v) is 6.22. The fraction of sp³-hybridized carbons (Fsp3) is 0.458. The van der Waals surface area contributed by atoms with E-state index in [4.69, 9.17) is 94.6 Å². The SMILES string of the molecule is [2H]OC([2H])(C([2H])([2H])Oc1c([2H])c([2H])c([2H])c([2H])c1OC([2H])([2H])[2H])C([2H])([2H])N1C([2H])([2H])C([2H])([2H])N(C([2H])([2H])C(=O)N([2H])c2c(C([2H])([2H])[2H])c([2H])c([2H])c([2H])c2C([2H])([2H])[2H])C([2H])([2H])C1([2H])[2H].[2H]c1c([2H])c([2H])c(OC([2H])([2H])C([2H])(O)C([2H])([2H])N2C([2H])([2H])C([2H])([2H])N(CC(=O)Nc3c(C([2H])([2H])[2H])c([2H])c([2H])c([2H])c3C([2H])([2H])[2H])C([2H])([2H])C2([2H])[2H])c(OC([2H])([2H])[2H])c1[2H]. The molecule has 2 saturated heterocycles. The summed E-state index contributed by atoms with van der Waals surface area (Å²) in [6.45, 7) is -76.9. The Kier molecular flexibility index (Phi) is 4.62. The van der Waals surface area contributed by atoms with Crippen LogP contribution in [-0.2, 0) is 9.59 Å². The number of hydrogen-bond donors (Lipinski definition) is 4. The van der Waals surface area contributed by atoms with Crippen molar-refractivity contribution >= 4 is 23.2 Å². The molecule has 62 heavy (non-hydrogen) atoms. The second-order valence-corrected chi connectivity index (χ2v) is 10.4.